The highest BCUT2D eigenvalue weighted by atomic mass is 16.5. The average molecular weight is 431 g/mol. The third-order valence-corrected chi connectivity index (χ3v) is 4.52. The van der Waals surface area contributed by atoms with Crippen LogP contribution in [0.3, 0.4) is 0 Å². The van der Waals surface area contributed by atoms with E-state index >= 15 is 0 Å². The van der Waals surface area contributed by atoms with Gasteiger partial charge in [0.2, 0.25) is 5.91 Å². The molecule has 0 spiro atoms. The van der Waals surface area contributed by atoms with E-state index in [4.69, 9.17) is 14.0 Å². The number of likely N-dealkylation sites (tertiary alicyclic amines) is 1. The molecule has 1 amide bonds. The molecule has 2 atom stereocenters. The van der Waals surface area contributed by atoms with Gasteiger partial charge in [0.1, 0.15) is 17.6 Å². The van der Waals surface area contributed by atoms with Crippen LogP contribution in [0.25, 0.3) is 0 Å². The summed E-state index contributed by atoms with van der Waals surface area (Å²) in [6.07, 6.45) is -0.101. The number of aryl methyl sites for hydroxylation is 1. The minimum atomic E-state index is -1.03. The van der Waals surface area contributed by atoms with Crippen LogP contribution in [0.1, 0.15) is 37.3 Å². The van der Waals surface area contributed by atoms with Gasteiger partial charge in [0.15, 0.2) is 0 Å². The zero-order valence-electron chi connectivity index (χ0n) is 18.5. The van der Waals surface area contributed by atoms with Crippen molar-refractivity contribution in [2.45, 2.75) is 52.4 Å². The second-order valence-corrected chi connectivity index (χ2v) is 7.74. The van der Waals surface area contributed by atoms with E-state index in [1.807, 2.05) is 38.1 Å². The average Bonchev–Trinajstić information content (AvgIpc) is 3.32. The van der Waals surface area contributed by atoms with Gasteiger partial charge in [-0.05, 0) is 38.5 Å². The molecule has 168 valence electrons. The minimum Gasteiger partial charge on any atom is -0.497 e. The quantitative estimate of drug-likeness (QED) is 0.672. The Kier molecular flexibility index (Phi) is 8.81. The smallest absolute Gasteiger partial charge is 0.326 e. The molecule has 1 unspecified atom stereocenters. The number of hydrogen-bond donors (Lipinski definition) is 1. The first-order valence-corrected chi connectivity index (χ1v) is 10.0. The Hall–Kier alpha value is -3.13. The fourth-order valence-corrected chi connectivity index (χ4v) is 3.11. The van der Waals surface area contributed by atoms with Crippen LogP contribution in [0.4, 0.5) is 0 Å². The molecule has 8 heteroatoms. The number of carboxylic acids is 1. The van der Waals surface area contributed by atoms with Crippen molar-refractivity contribution in [1.82, 2.24) is 10.1 Å². The molecule has 1 aliphatic rings. The van der Waals surface area contributed by atoms with Crippen LogP contribution in [0, 0.1) is 6.92 Å². The largest absolute Gasteiger partial charge is 0.497 e. The SMILES string of the molecule is C=C(C)C.COc1ccc(CO[C@@H]2CC(C(=O)O)N(C(=O)Cc3cc(C)no3)C2)cc1. The lowest BCUT2D eigenvalue weighted by molar-refractivity contribution is -0.148. The summed E-state index contributed by atoms with van der Waals surface area (Å²) in [4.78, 5) is 25.4. The molecule has 8 nitrogen and oxygen atoms in total. The number of allylic oxidation sites excluding steroid dienone is 1. The Balaban J connectivity index is 0.000000785. The number of rotatable bonds is 7. The van der Waals surface area contributed by atoms with E-state index in [-0.39, 0.29) is 31.4 Å². The minimum absolute atomic E-state index is 0.0180. The first-order valence-electron chi connectivity index (χ1n) is 10.0. The number of methoxy groups -OCH3 is 1. The third kappa shape index (κ3) is 7.57. The Morgan fingerprint density at radius 2 is 1.94 bits per heavy atom. The van der Waals surface area contributed by atoms with Gasteiger partial charge in [-0.25, -0.2) is 4.79 Å². The highest BCUT2D eigenvalue weighted by molar-refractivity contribution is 5.85. The van der Waals surface area contributed by atoms with Gasteiger partial charge in [-0.3, -0.25) is 4.79 Å². The van der Waals surface area contributed by atoms with Gasteiger partial charge < -0.3 is 24.0 Å². The molecule has 0 radical (unpaired) electrons. The van der Waals surface area contributed by atoms with Crippen molar-refractivity contribution in [2.24, 2.45) is 0 Å². The Morgan fingerprint density at radius 3 is 2.45 bits per heavy atom. The molecule has 31 heavy (non-hydrogen) atoms. The van der Waals surface area contributed by atoms with Crippen LogP contribution >= 0.6 is 0 Å². The van der Waals surface area contributed by atoms with Gasteiger partial charge in [0.05, 0.1) is 31.9 Å². The van der Waals surface area contributed by atoms with Crippen LogP contribution < -0.4 is 4.74 Å². The predicted octanol–water partition coefficient (Wildman–Crippen LogP) is 3.39. The zero-order valence-corrected chi connectivity index (χ0v) is 18.5. The topological polar surface area (TPSA) is 102 Å². The normalized spacial score (nSPS) is 17.6. The van der Waals surface area contributed by atoms with E-state index in [0.29, 0.717) is 18.1 Å². The maximum atomic E-state index is 12.5. The summed E-state index contributed by atoms with van der Waals surface area (Å²) < 4.78 is 16.0. The highest BCUT2D eigenvalue weighted by Gasteiger charge is 2.40. The van der Waals surface area contributed by atoms with Crippen molar-refractivity contribution in [3.8, 4) is 5.75 Å². The molecule has 1 N–H and O–H groups in total. The maximum absolute atomic E-state index is 12.5. The van der Waals surface area contributed by atoms with Gasteiger partial charge in [0.25, 0.3) is 0 Å². The van der Waals surface area contributed by atoms with Gasteiger partial charge in [-0.2, -0.15) is 0 Å². The van der Waals surface area contributed by atoms with Crippen LogP contribution in [0.15, 0.2) is 47.0 Å². The molecular formula is C23H30N2O6. The molecule has 3 rings (SSSR count). The number of aliphatic carboxylic acids is 1. The molecule has 1 aromatic heterocycles. The zero-order chi connectivity index (χ0) is 23.0. The van der Waals surface area contributed by atoms with E-state index < -0.39 is 12.0 Å². The molecule has 0 aliphatic carbocycles. The van der Waals surface area contributed by atoms with Gasteiger partial charge in [0, 0.05) is 19.0 Å². The van der Waals surface area contributed by atoms with Crippen molar-refractivity contribution in [3.63, 3.8) is 0 Å². The molecular weight excluding hydrogens is 400 g/mol. The van der Waals surface area contributed by atoms with Crippen LogP contribution in [-0.2, 0) is 27.4 Å². The molecule has 2 aromatic rings. The number of aromatic nitrogens is 1. The standard InChI is InChI=1S/C19H22N2O6.C4H8/c1-12-7-15(27-20-12)9-18(22)21-10-16(8-17(21)19(23)24)26-11-13-3-5-14(25-2)6-4-13;1-4(2)3/h3-7,16-17H,8-11H2,1-2H3,(H,23,24);1H2,2-3H3/t16-,17?;/m1./s1. The number of hydrogen-bond acceptors (Lipinski definition) is 6. The van der Waals surface area contributed by atoms with Crippen molar-refractivity contribution >= 4 is 11.9 Å². The monoisotopic (exact) mass is 430 g/mol. The molecule has 1 saturated heterocycles. The summed E-state index contributed by atoms with van der Waals surface area (Å²) in [5, 5.41) is 13.2. The lowest BCUT2D eigenvalue weighted by Crippen LogP contribution is -2.41. The van der Waals surface area contributed by atoms with E-state index in [1.165, 1.54) is 10.5 Å². The van der Waals surface area contributed by atoms with E-state index in [2.05, 4.69) is 11.7 Å². The summed E-state index contributed by atoms with van der Waals surface area (Å²) in [7, 11) is 1.60. The lowest BCUT2D eigenvalue weighted by Gasteiger charge is -2.20. The van der Waals surface area contributed by atoms with Crippen molar-refractivity contribution in [1.29, 1.82) is 0 Å². The van der Waals surface area contributed by atoms with Crippen molar-refractivity contribution in [3.05, 3.63) is 59.5 Å². The fourth-order valence-electron chi connectivity index (χ4n) is 3.11. The second kappa shape index (κ2) is 11.3. The Bertz CT molecular complexity index is 886. The molecule has 1 fully saturated rings. The summed E-state index contributed by atoms with van der Waals surface area (Å²) in [5.74, 6) is -0.170. The molecule has 1 aliphatic heterocycles. The first kappa shape index (κ1) is 24.1. The Labute approximate surface area is 182 Å². The molecule has 0 saturated carbocycles. The number of benzene rings is 1. The molecule has 1 aromatic carbocycles. The Morgan fingerprint density at radius 1 is 1.29 bits per heavy atom. The van der Waals surface area contributed by atoms with Gasteiger partial charge in [-0.15, -0.1) is 6.58 Å². The molecule has 0 bridgehead atoms. The van der Waals surface area contributed by atoms with Crippen LogP contribution in [0.5, 0.6) is 5.75 Å². The lowest BCUT2D eigenvalue weighted by atomic mass is 10.2. The third-order valence-electron chi connectivity index (χ3n) is 4.52. The number of amides is 1. The predicted molar refractivity (Wildman–Crippen MR) is 115 cm³/mol. The summed E-state index contributed by atoms with van der Waals surface area (Å²) in [5.41, 5.74) is 2.79. The highest BCUT2D eigenvalue weighted by Crippen LogP contribution is 2.23. The number of carboxylic acid groups (broad SMARTS) is 1. The summed E-state index contributed by atoms with van der Waals surface area (Å²) in [6.45, 7) is 9.83. The van der Waals surface area contributed by atoms with Crippen LogP contribution in [-0.4, -0.2) is 52.8 Å². The second-order valence-electron chi connectivity index (χ2n) is 7.74. The van der Waals surface area contributed by atoms with E-state index in [0.717, 1.165) is 11.3 Å². The van der Waals surface area contributed by atoms with Crippen molar-refractivity contribution in [2.75, 3.05) is 13.7 Å². The number of ether oxygens (including phenoxy) is 2. The number of carbonyl (C=O) groups is 2. The number of carbonyl (C=O) groups excluding carboxylic acids is 1. The van der Waals surface area contributed by atoms with Crippen LogP contribution in [0.2, 0.25) is 0 Å². The van der Waals surface area contributed by atoms with Gasteiger partial charge in [-0.1, -0.05) is 22.9 Å². The maximum Gasteiger partial charge on any atom is 0.326 e. The summed E-state index contributed by atoms with van der Waals surface area (Å²) >= 11 is 0. The van der Waals surface area contributed by atoms with Crippen molar-refractivity contribution < 1.29 is 28.7 Å². The molecule has 2 heterocycles. The van der Waals surface area contributed by atoms with E-state index in [9.17, 15) is 14.7 Å². The number of nitrogens with zero attached hydrogens (tertiary/aromatic N) is 2. The first-order chi connectivity index (χ1) is 14.7. The summed E-state index contributed by atoms with van der Waals surface area (Å²) in [6, 6.07) is 8.21. The van der Waals surface area contributed by atoms with E-state index in [1.54, 1.807) is 20.1 Å². The van der Waals surface area contributed by atoms with Gasteiger partial charge >= 0.3 is 5.97 Å². The fraction of sp³-hybridized carbons (Fsp3) is 0.435.